The highest BCUT2D eigenvalue weighted by atomic mass is 35.5. The van der Waals surface area contributed by atoms with Crippen molar-refractivity contribution in [2.45, 2.75) is 12.8 Å². The van der Waals surface area contributed by atoms with E-state index in [1.807, 2.05) is 0 Å². The molecular weight excluding hydrogens is 178 g/mol. The minimum atomic E-state index is -0.862. The molecular formula is C8H8ClNO2. The summed E-state index contributed by atoms with van der Waals surface area (Å²) in [6, 6.07) is 3.24. The molecule has 0 radical (unpaired) electrons. The van der Waals surface area contributed by atoms with Crippen molar-refractivity contribution in [3.05, 3.63) is 29.0 Å². The van der Waals surface area contributed by atoms with E-state index < -0.39 is 11.9 Å². The second-order valence-electron chi connectivity index (χ2n) is 2.47. The van der Waals surface area contributed by atoms with Gasteiger partial charge in [-0.2, -0.15) is 0 Å². The standard InChI is InChI=1S/C8H8ClNO2/c1-5(8(11)12)6-2-3-7(9)10-4-6/h2-5H,1H3,(H,11,12)/t5-/m1/s1. The van der Waals surface area contributed by atoms with E-state index in [9.17, 15) is 4.79 Å². The number of carboxylic acids is 1. The molecule has 1 heterocycles. The van der Waals surface area contributed by atoms with Crippen LogP contribution in [0, 0.1) is 0 Å². The molecule has 0 fully saturated rings. The maximum atomic E-state index is 10.5. The lowest BCUT2D eigenvalue weighted by Crippen LogP contribution is -2.07. The molecule has 0 aliphatic rings. The number of aromatic nitrogens is 1. The summed E-state index contributed by atoms with van der Waals surface area (Å²) in [6.07, 6.45) is 1.47. The normalized spacial score (nSPS) is 12.5. The molecule has 3 nitrogen and oxygen atoms in total. The topological polar surface area (TPSA) is 50.2 Å². The Kier molecular flexibility index (Phi) is 2.65. The van der Waals surface area contributed by atoms with Crippen molar-refractivity contribution in [2.24, 2.45) is 0 Å². The fourth-order valence-electron chi connectivity index (χ4n) is 0.786. The van der Waals surface area contributed by atoms with E-state index >= 15 is 0 Å². The Balaban J connectivity index is 2.89. The summed E-state index contributed by atoms with van der Waals surface area (Å²) in [5.41, 5.74) is 0.659. The average molecular weight is 186 g/mol. The van der Waals surface area contributed by atoms with Crippen LogP contribution in [-0.4, -0.2) is 16.1 Å². The first-order valence-electron chi connectivity index (χ1n) is 3.45. The molecule has 0 bridgehead atoms. The summed E-state index contributed by atoms with van der Waals surface area (Å²) in [5.74, 6) is -1.39. The third-order valence-corrected chi connectivity index (χ3v) is 1.84. The smallest absolute Gasteiger partial charge is 0.310 e. The van der Waals surface area contributed by atoms with Gasteiger partial charge in [0.15, 0.2) is 0 Å². The second kappa shape index (κ2) is 3.54. The van der Waals surface area contributed by atoms with E-state index in [-0.39, 0.29) is 0 Å². The molecule has 64 valence electrons. The Bertz CT molecular complexity index is 284. The molecule has 1 aromatic heterocycles. The van der Waals surface area contributed by atoms with Crippen molar-refractivity contribution in [1.82, 2.24) is 4.98 Å². The van der Waals surface area contributed by atoms with Crippen molar-refractivity contribution < 1.29 is 9.90 Å². The predicted octanol–water partition coefficient (Wildman–Crippen LogP) is 1.92. The van der Waals surface area contributed by atoms with Gasteiger partial charge in [-0.15, -0.1) is 0 Å². The van der Waals surface area contributed by atoms with Gasteiger partial charge in [0.25, 0.3) is 0 Å². The van der Waals surface area contributed by atoms with Gasteiger partial charge >= 0.3 is 5.97 Å². The largest absolute Gasteiger partial charge is 0.481 e. The highest BCUT2D eigenvalue weighted by molar-refractivity contribution is 6.29. The Morgan fingerprint density at radius 2 is 2.33 bits per heavy atom. The molecule has 12 heavy (non-hydrogen) atoms. The quantitative estimate of drug-likeness (QED) is 0.717. The number of carboxylic acid groups (broad SMARTS) is 1. The van der Waals surface area contributed by atoms with Gasteiger partial charge in [-0.25, -0.2) is 4.98 Å². The first kappa shape index (κ1) is 9.00. The lowest BCUT2D eigenvalue weighted by molar-refractivity contribution is -0.138. The molecule has 4 heteroatoms. The van der Waals surface area contributed by atoms with Crippen LogP contribution in [0.2, 0.25) is 5.15 Å². The van der Waals surface area contributed by atoms with Crippen LogP contribution in [0.4, 0.5) is 0 Å². The zero-order valence-corrected chi connectivity index (χ0v) is 7.25. The monoisotopic (exact) mass is 185 g/mol. The molecule has 0 aliphatic heterocycles. The fraction of sp³-hybridized carbons (Fsp3) is 0.250. The van der Waals surface area contributed by atoms with Crippen LogP contribution >= 0.6 is 11.6 Å². The Morgan fingerprint density at radius 3 is 2.75 bits per heavy atom. The average Bonchev–Trinajstić information content (AvgIpc) is 2.04. The van der Waals surface area contributed by atoms with E-state index in [0.717, 1.165) is 0 Å². The van der Waals surface area contributed by atoms with Gasteiger partial charge in [0, 0.05) is 6.20 Å². The fourth-order valence-corrected chi connectivity index (χ4v) is 0.898. The first-order valence-corrected chi connectivity index (χ1v) is 3.83. The third-order valence-electron chi connectivity index (χ3n) is 1.62. The number of carbonyl (C=O) groups is 1. The zero-order valence-electron chi connectivity index (χ0n) is 6.49. The van der Waals surface area contributed by atoms with Gasteiger partial charge < -0.3 is 5.11 Å². The van der Waals surface area contributed by atoms with Crippen molar-refractivity contribution in [3.63, 3.8) is 0 Å². The Labute approximate surface area is 75.0 Å². The summed E-state index contributed by atoms with van der Waals surface area (Å²) < 4.78 is 0. The molecule has 0 aromatic carbocycles. The number of nitrogens with zero attached hydrogens (tertiary/aromatic N) is 1. The maximum Gasteiger partial charge on any atom is 0.310 e. The Morgan fingerprint density at radius 1 is 1.67 bits per heavy atom. The van der Waals surface area contributed by atoms with Crippen LogP contribution in [-0.2, 0) is 4.79 Å². The van der Waals surface area contributed by atoms with E-state index in [2.05, 4.69) is 4.98 Å². The Hall–Kier alpha value is -1.09. The lowest BCUT2D eigenvalue weighted by Gasteiger charge is -2.04. The minimum Gasteiger partial charge on any atom is -0.481 e. The van der Waals surface area contributed by atoms with Crippen LogP contribution in [0.5, 0.6) is 0 Å². The molecule has 1 aromatic rings. The molecule has 1 atom stereocenters. The van der Waals surface area contributed by atoms with Gasteiger partial charge in [-0.05, 0) is 18.6 Å². The van der Waals surface area contributed by atoms with Crippen LogP contribution in [0.1, 0.15) is 18.4 Å². The molecule has 0 unspecified atom stereocenters. The number of rotatable bonds is 2. The first-order chi connectivity index (χ1) is 5.61. The van der Waals surface area contributed by atoms with Crippen LogP contribution < -0.4 is 0 Å². The number of pyridine rings is 1. The number of hydrogen-bond donors (Lipinski definition) is 1. The molecule has 1 N–H and O–H groups in total. The van der Waals surface area contributed by atoms with Crippen molar-refractivity contribution >= 4 is 17.6 Å². The minimum absolute atomic E-state index is 0.372. The van der Waals surface area contributed by atoms with Gasteiger partial charge in [0.2, 0.25) is 0 Å². The lowest BCUT2D eigenvalue weighted by atomic mass is 10.0. The predicted molar refractivity (Wildman–Crippen MR) is 45.3 cm³/mol. The van der Waals surface area contributed by atoms with Gasteiger partial charge in [-0.1, -0.05) is 17.7 Å². The maximum absolute atomic E-state index is 10.5. The summed E-state index contributed by atoms with van der Waals surface area (Å²) in [4.78, 5) is 14.3. The zero-order chi connectivity index (χ0) is 9.14. The third kappa shape index (κ3) is 1.95. The van der Waals surface area contributed by atoms with Crippen molar-refractivity contribution in [3.8, 4) is 0 Å². The molecule has 0 saturated heterocycles. The molecule has 0 aliphatic carbocycles. The number of halogens is 1. The highest BCUT2D eigenvalue weighted by Crippen LogP contribution is 2.15. The summed E-state index contributed by atoms with van der Waals surface area (Å²) in [6.45, 7) is 1.60. The van der Waals surface area contributed by atoms with E-state index in [1.54, 1.807) is 19.1 Å². The molecule has 0 saturated carbocycles. The van der Waals surface area contributed by atoms with Crippen LogP contribution in [0.15, 0.2) is 18.3 Å². The SMILES string of the molecule is C[C@@H](C(=O)O)c1ccc(Cl)nc1. The molecule has 0 spiro atoms. The van der Waals surface area contributed by atoms with E-state index in [0.29, 0.717) is 10.7 Å². The summed E-state index contributed by atoms with van der Waals surface area (Å²) in [5, 5.41) is 9.02. The van der Waals surface area contributed by atoms with Crippen molar-refractivity contribution in [2.75, 3.05) is 0 Å². The number of hydrogen-bond acceptors (Lipinski definition) is 2. The van der Waals surface area contributed by atoms with Gasteiger partial charge in [0.1, 0.15) is 5.15 Å². The number of aliphatic carboxylic acids is 1. The molecule has 0 amide bonds. The second-order valence-corrected chi connectivity index (χ2v) is 2.86. The van der Waals surface area contributed by atoms with Crippen LogP contribution in [0.3, 0.4) is 0 Å². The molecule has 1 rings (SSSR count). The highest BCUT2D eigenvalue weighted by Gasteiger charge is 2.13. The summed E-state index contributed by atoms with van der Waals surface area (Å²) >= 11 is 5.54. The van der Waals surface area contributed by atoms with Gasteiger partial charge in [-0.3, -0.25) is 4.79 Å². The summed E-state index contributed by atoms with van der Waals surface area (Å²) in [7, 11) is 0. The van der Waals surface area contributed by atoms with Gasteiger partial charge in [0.05, 0.1) is 5.92 Å². The van der Waals surface area contributed by atoms with Crippen molar-refractivity contribution in [1.29, 1.82) is 0 Å². The van der Waals surface area contributed by atoms with Crippen LogP contribution in [0.25, 0.3) is 0 Å². The van der Waals surface area contributed by atoms with E-state index in [4.69, 9.17) is 16.7 Å². The van der Waals surface area contributed by atoms with E-state index in [1.165, 1.54) is 6.20 Å².